The van der Waals surface area contributed by atoms with Gasteiger partial charge < -0.3 is 5.32 Å². The Kier molecular flexibility index (Phi) is 4.95. The number of thioether (sulfide) groups is 1. The van der Waals surface area contributed by atoms with Crippen molar-refractivity contribution in [1.29, 1.82) is 0 Å². The number of anilines is 1. The molecule has 1 heterocycles. The molecule has 116 valence electrons. The lowest BCUT2D eigenvalue weighted by molar-refractivity contribution is -0.694. The molecule has 3 aromatic rings. The number of benzene rings is 2. The molecule has 1 amide bonds. The first-order valence-electron chi connectivity index (χ1n) is 6.91. The standard InChI is InChI=1S/C16H13ClN4OS/c17-12-5-4-6-13(9-12)20-15(22)10-23-16-18-11-19-21(16)14-7-2-1-3-8-14/h1-9,11H,10H2,(H,20,22)/p+1. The highest BCUT2D eigenvalue weighted by molar-refractivity contribution is 7.99. The maximum Gasteiger partial charge on any atom is 0.385 e. The number of carbonyl (C=O) groups is 1. The topological polar surface area (TPSA) is 61.7 Å². The number of aromatic amines is 1. The van der Waals surface area contributed by atoms with Gasteiger partial charge in [-0.25, -0.2) is 0 Å². The zero-order valence-corrected chi connectivity index (χ0v) is 13.6. The molecule has 1 aromatic heterocycles. The van der Waals surface area contributed by atoms with Crippen molar-refractivity contribution in [2.24, 2.45) is 0 Å². The first-order valence-corrected chi connectivity index (χ1v) is 8.28. The first kappa shape index (κ1) is 15.6. The van der Waals surface area contributed by atoms with Crippen LogP contribution in [0, 0.1) is 0 Å². The SMILES string of the molecule is O=C(CSc1nc[nH][n+]1-c1ccccc1)Nc1cccc(Cl)c1. The van der Waals surface area contributed by atoms with Gasteiger partial charge in [0.1, 0.15) is 0 Å². The molecule has 0 spiro atoms. The number of hydrogen-bond acceptors (Lipinski definition) is 3. The molecule has 0 aliphatic heterocycles. The molecular weight excluding hydrogens is 332 g/mol. The molecule has 0 fully saturated rings. The Labute approximate surface area is 142 Å². The van der Waals surface area contributed by atoms with Crippen molar-refractivity contribution >= 4 is 35.0 Å². The van der Waals surface area contributed by atoms with E-state index in [4.69, 9.17) is 11.6 Å². The van der Waals surface area contributed by atoms with Gasteiger partial charge in [0.15, 0.2) is 5.69 Å². The van der Waals surface area contributed by atoms with Crippen LogP contribution in [0.3, 0.4) is 0 Å². The van der Waals surface area contributed by atoms with Crippen LogP contribution in [0.25, 0.3) is 5.69 Å². The molecule has 7 heteroatoms. The Bertz CT molecular complexity index is 807. The smallest absolute Gasteiger partial charge is 0.325 e. The van der Waals surface area contributed by atoms with Crippen molar-refractivity contribution in [2.45, 2.75) is 5.16 Å². The Hall–Kier alpha value is -2.31. The largest absolute Gasteiger partial charge is 0.385 e. The molecule has 0 saturated carbocycles. The molecule has 2 aromatic carbocycles. The van der Waals surface area contributed by atoms with E-state index in [2.05, 4.69) is 15.4 Å². The highest BCUT2D eigenvalue weighted by Gasteiger charge is 2.18. The number of carbonyl (C=O) groups excluding carboxylic acids is 1. The number of nitrogens with one attached hydrogen (secondary N) is 2. The summed E-state index contributed by atoms with van der Waals surface area (Å²) in [6.07, 6.45) is 1.60. The minimum absolute atomic E-state index is 0.111. The lowest BCUT2D eigenvalue weighted by Gasteiger charge is -2.04. The van der Waals surface area contributed by atoms with Crippen molar-refractivity contribution in [3.8, 4) is 5.69 Å². The van der Waals surface area contributed by atoms with E-state index in [0.717, 1.165) is 10.8 Å². The van der Waals surface area contributed by atoms with E-state index in [1.165, 1.54) is 11.8 Å². The second kappa shape index (κ2) is 7.30. The van der Waals surface area contributed by atoms with Crippen molar-refractivity contribution < 1.29 is 9.48 Å². The van der Waals surface area contributed by atoms with Gasteiger partial charge in [0.25, 0.3) is 0 Å². The Morgan fingerprint density at radius 3 is 2.83 bits per heavy atom. The predicted octanol–water partition coefficient (Wildman–Crippen LogP) is 3.07. The summed E-state index contributed by atoms with van der Waals surface area (Å²) >= 11 is 7.26. The first-order chi connectivity index (χ1) is 11.2. The van der Waals surface area contributed by atoms with Gasteiger partial charge in [0.2, 0.25) is 12.2 Å². The summed E-state index contributed by atoms with van der Waals surface area (Å²) < 4.78 is 1.83. The van der Waals surface area contributed by atoms with Gasteiger partial charge in [-0.1, -0.05) is 35.9 Å². The average molecular weight is 346 g/mol. The third kappa shape index (κ3) is 4.12. The quantitative estimate of drug-likeness (QED) is 0.552. The Morgan fingerprint density at radius 1 is 1.22 bits per heavy atom. The van der Waals surface area contributed by atoms with Gasteiger partial charge in [0, 0.05) is 10.7 Å². The predicted molar refractivity (Wildman–Crippen MR) is 90.9 cm³/mol. The number of halogens is 1. The monoisotopic (exact) mass is 345 g/mol. The number of amides is 1. The molecule has 0 atom stereocenters. The molecule has 5 nitrogen and oxygen atoms in total. The molecule has 0 radical (unpaired) electrons. The fraction of sp³-hybridized carbons (Fsp3) is 0.0625. The van der Waals surface area contributed by atoms with Crippen LogP contribution < -0.4 is 10.00 Å². The number of rotatable bonds is 5. The number of H-pyrrole nitrogens is 1. The van der Waals surface area contributed by atoms with Crippen molar-refractivity contribution in [3.05, 3.63) is 65.9 Å². The van der Waals surface area contributed by atoms with E-state index < -0.39 is 0 Å². The van der Waals surface area contributed by atoms with Gasteiger partial charge in [-0.05, 0) is 47.1 Å². The fourth-order valence-corrected chi connectivity index (χ4v) is 2.95. The highest BCUT2D eigenvalue weighted by atomic mass is 35.5. The normalized spacial score (nSPS) is 10.5. The molecule has 0 aliphatic carbocycles. The van der Waals surface area contributed by atoms with Crippen molar-refractivity contribution in [2.75, 3.05) is 11.1 Å². The molecule has 2 N–H and O–H groups in total. The lowest BCUT2D eigenvalue weighted by Crippen LogP contribution is -2.35. The zero-order chi connectivity index (χ0) is 16.1. The van der Waals surface area contributed by atoms with Gasteiger partial charge in [-0.2, -0.15) is 5.10 Å². The van der Waals surface area contributed by atoms with Crippen LogP contribution in [0.2, 0.25) is 5.02 Å². The number of para-hydroxylation sites is 1. The minimum Gasteiger partial charge on any atom is -0.325 e. The minimum atomic E-state index is -0.111. The maximum atomic E-state index is 12.0. The molecule has 0 aliphatic rings. The Morgan fingerprint density at radius 2 is 2.04 bits per heavy atom. The number of aromatic nitrogens is 3. The van der Waals surface area contributed by atoms with Gasteiger partial charge >= 0.3 is 5.16 Å². The van der Waals surface area contributed by atoms with Gasteiger partial charge in [0.05, 0.1) is 5.75 Å². The van der Waals surface area contributed by atoms with Crippen LogP contribution in [0.5, 0.6) is 0 Å². The molecular formula is C16H14ClN4OS+. The van der Waals surface area contributed by atoms with E-state index in [1.54, 1.807) is 30.6 Å². The number of hydrogen-bond donors (Lipinski definition) is 2. The summed E-state index contributed by atoms with van der Waals surface area (Å²) in [4.78, 5) is 16.3. The summed E-state index contributed by atoms with van der Waals surface area (Å²) in [7, 11) is 0. The Balaban J connectivity index is 1.63. The average Bonchev–Trinajstić information content (AvgIpc) is 3.02. The second-order valence-corrected chi connectivity index (χ2v) is 6.07. The van der Waals surface area contributed by atoms with E-state index in [1.807, 2.05) is 35.0 Å². The van der Waals surface area contributed by atoms with Gasteiger partial charge in [-0.3, -0.25) is 4.79 Å². The highest BCUT2D eigenvalue weighted by Crippen LogP contribution is 2.16. The maximum absolute atomic E-state index is 12.0. The summed E-state index contributed by atoms with van der Waals surface area (Å²) in [6, 6.07) is 16.8. The van der Waals surface area contributed by atoms with Crippen molar-refractivity contribution in [3.63, 3.8) is 0 Å². The summed E-state index contributed by atoms with van der Waals surface area (Å²) in [6.45, 7) is 0. The summed E-state index contributed by atoms with van der Waals surface area (Å²) in [5.41, 5.74) is 1.64. The van der Waals surface area contributed by atoms with Crippen LogP contribution >= 0.6 is 23.4 Å². The van der Waals surface area contributed by atoms with Crippen LogP contribution in [0.1, 0.15) is 0 Å². The molecule has 3 rings (SSSR count). The third-order valence-electron chi connectivity index (χ3n) is 3.01. The van der Waals surface area contributed by atoms with Crippen molar-refractivity contribution in [1.82, 2.24) is 10.1 Å². The lowest BCUT2D eigenvalue weighted by atomic mass is 10.3. The van der Waals surface area contributed by atoms with E-state index in [9.17, 15) is 4.79 Å². The molecule has 0 bridgehead atoms. The summed E-state index contributed by atoms with van der Waals surface area (Å²) in [5.74, 6) is 0.143. The van der Waals surface area contributed by atoms with Crippen LogP contribution in [0.4, 0.5) is 5.69 Å². The van der Waals surface area contributed by atoms with Crippen LogP contribution in [-0.2, 0) is 4.79 Å². The zero-order valence-electron chi connectivity index (χ0n) is 12.1. The van der Waals surface area contributed by atoms with E-state index >= 15 is 0 Å². The fourth-order valence-electron chi connectivity index (χ4n) is 2.01. The van der Waals surface area contributed by atoms with E-state index in [-0.39, 0.29) is 11.7 Å². The second-order valence-electron chi connectivity index (χ2n) is 4.69. The number of nitrogens with zero attached hydrogens (tertiary/aromatic N) is 2. The van der Waals surface area contributed by atoms with Crippen LogP contribution in [-0.4, -0.2) is 21.7 Å². The van der Waals surface area contributed by atoms with Gasteiger partial charge in [-0.15, -0.1) is 4.68 Å². The third-order valence-corrected chi connectivity index (χ3v) is 4.20. The summed E-state index contributed by atoms with van der Waals surface area (Å²) in [5, 5.41) is 7.16. The van der Waals surface area contributed by atoms with E-state index in [0.29, 0.717) is 10.7 Å². The molecule has 23 heavy (non-hydrogen) atoms. The molecule has 0 saturated heterocycles. The molecule has 0 unspecified atom stereocenters. The van der Waals surface area contributed by atoms with Crippen LogP contribution in [0.15, 0.2) is 66.1 Å².